The number of rotatable bonds is 13. The lowest BCUT2D eigenvalue weighted by Gasteiger charge is -2.14. The molecule has 0 saturated carbocycles. The van der Waals surface area contributed by atoms with Crippen LogP contribution in [0, 0.1) is 75.7 Å². The van der Waals surface area contributed by atoms with Crippen LogP contribution >= 0.6 is 0 Å². The van der Waals surface area contributed by atoms with Gasteiger partial charge in [0.15, 0.2) is 24.8 Å². The molecule has 0 unspecified atom stereocenters. The van der Waals surface area contributed by atoms with Crippen LogP contribution < -0.4 is 18.3 Å². The molecule has 99 heavy (non-hydrogen) atoms. The third-order valence-corrected chi connectivity index (χ3v) is 18.1. The van der Waals surface area contributed by atoms with Crippen molar-refractivity contribution in [2.45, 2.75) is 155 Å². The van der Waals surface area contributed by atoms with E-state index in [0.717, 1.165) is 83.7 Å². The molecule has 0 aliphatic carbocycles. The van der Waals surface area contributed by atoms with Crippen molar-refractivity contribution in [3.05, 3.63) is 308 Å². The molecule has 0 amide bonds. The van der Waals surface area contributed by atoms with Crippen LogP contribution in [0.4, 0.5) is 0 Å². The molecule has 0 N–H and O–H groups in total. The zero-order valence-corrected chi connectivity index (χ0v) is 60.1. The highest BCUT2D eigenvalue weighted by Gasteiger charge is 2.24. The fourth-order valence-corrected chi connectivity index (χ4v) is 12.7. The van der Waals surface area contributed by atoms with Gasteiger partial charge in [-0.1, -0.05) is 194 Å². The second-order valence-electron chi connectivity index (χ2n) is 25.7. The minimum absolute atomic E-state index is 0.0451. The number of aryl methyl sites for hydroxylation is 18. The van der Waals surface area contributed by atoms with Crippen molar-refractivity contribution in [1.82, 2.24) is 0 Å². The Labute approximate surface area is 632 Å². The standard InChI is InChI=1S/3C24H28N.C23H26N/c1-16(2)21-14-24(25(6)15-19(21)5)23-13-22(17(3)12-18(23)4)20-10-8-7-9-11-20;1-16(2)23-15-25(6)24(13-19(23)5)22-14-21(17(3)12-18(22)4)20-10-8-7-9-11-20;1-6-19-14-24(25(5)16-20(19)7-2)23-15-22(17(3)13-18(23)4)21-11-9-8-10-12-21;1-6-19-13-23(24(5)15-18(19)4)22-14-21(16(2)12-17(22)3)20-10-8-7-9-11-20/h2*7-16H,1-6H3;8-16H,6-7H2,1-5H3;7-15H,6H2,1-5H3/q4*+1/i3D3,5D3,16D;3D3,16D;3D3,6D2,7D2;2D3,4D3,6D2. The SMILES string of the molecule is [2H]C([2H])([2H])c1cc(C)c(-c2cc(C([2H])(C)C)c(C([2H])([2H])[2H])c[n+]2C)cc1-c1ccccc1.[2H]C([2H])([2H])c1cc(C)c(-c2cc(C([2H])([2H])C)c(C([2H])([2H])C)c[n+]2C)cc1-c1ccccc1.[2H]C([2H])([2H])c1cc(C)c(-c2cc(C([2H])([2H])C)c(C([2H])([2H])[2H])c[n+]2C)cc1-c1ccccc1.[2H]C([2H])([2H])c1cc(C)c(-c2cc(C)c(C([2H])(C)C)c[n+]2C)cc1-c1ccccc1. The lowest BCUT2D eigenvalue weighted by atomic mass is 9.91. The molecule has 4 heteroatoms. The first-order chi connectivity index (χ1) is 57.2. The molecule has 4 aromatic heterocycles. The van der Waals surface area contributed by atoms with E-state index in [1.807, 2.05) is 199 Å². The van der Waals surface area contributed by atoms with E-state index < -0.39 is 72.0 Å². The van der Waals surface area contributed by atoms with Crippen LogP contribution in [-0.4, -0.2) is 0 Å². The summed E-state index contributed by atoms with van der Waals surface area (Å²) < 4.78 is 217. The van der Waals surface area contributed by atoms with Crippen molar-refractivity contribution in [1.29, 1.82) is 0 Å². The number of hydrogen-bond donors (Lipinski definition) is 0. The molecule has 0 saturated heterocycles. The van der Waals surface area contributed by atoms with Gasteiger partial charge in [-0.3, -0.25) is 0 Å². The van der Waals surface area contributed by atoms with Crippen molar-refractivity contribution in [3.8, 4) is 89.5 Å². The summed E-state index contributed by atoms with van der Waals surface area (Å²) in [5, 5.41) is 0. The number of nitrogens with zero attached hydrogens (tertiary/aromatic N) is 4. The minimum Gasteiger partial charge on any atom is -0.201 e. The summed E-state index contributed by atoms with van der Waals surface area (Å²) >= 11 is 0. The molecule has 0 spiro atoms. The van der Waals surface area contributed by atoms with Gasteiger partial charge < -0.3 is 0 Å². The second kappa shape index (κ2) is 32.8. The summed E-state index contributed by atoms with van der Waals surface area (Å²) in [5.74, 6) is -1.81. The Morgan fingerprint density at radius 3 is 0.899 bits per heavy atom. The van der Waals surface area contributed by atoms with E-state index in [2.05, 4.69) is 6.07 Å². The predicted molar refractivity (Wildman–Crippen MR) is 422 cm³/mol. The highest BCUT2D eigenvalue weighted by Crippen LogP contribution is 2.37. The second-order valence-corrected chi connectivity index (χ2v) is 25.7. The Morgan fingerprint density at radius 1 is 0.283 bits per heavy atom. The maximum atomic E-state index is 8.54. The Bertz CT molecular complexity index is 5480. The number of aromatic nitrogens is 4. The summed E-state index contributed by atoms with van der Waals surface area (Å²) in [4.78, 5) is 0. The van der Waals surface area contributed by atoms with Crippen LogP contribution in [0.15, 0.2) is 219 Å². The lowest BCUT2D eigenvalue weighted by molar-refractivity contribution is -0.661. The zero-order chi connectivity index (χ0) is 93.7. The van der Waals surface area contributed by atoms with Gasteiger partial charge in [0, 0.05) is 104 Å². The first-order valence-corrected chi connectivity index (χ1v) is 33.2. The van der Waals surface area contributed by atoms with Crippen LogP contribution in [-0.2, 0) is 47.3 Å². The average molecular weight is 1330 g/mol. The van der Waals surface area contributed by atoms with Gasteiger partial charge in [0.2, 0.25) is 22.8 Å². The normalized spacial score (nSPS) is 16.3. The van der Waals surface area contributed by atoms with Crippen LogP contribution in [0.2, 0.25) is 0 Å². The summed E-state index contributed by atoms with van der Waals surface area (Å²) in [7, 11) is 7.24. The van der Waals surface area contributed by atoms with Crippen molar-refractivity contribution in [3.63, 3.8) is 0 Å². The Morgan fingerprint density at radius 2 is 0.576 bits per heavy atom. The lowest BCUT2D eigenvalue weighted by Crippen LogP contribution is -2.32. The highest BCUT2D eigenvalue weighted by molar-refractivity contribution is 5.80. The minimum atomic E-state index is -2.47. The molecule has 0 atom stereocenters. The monoisotopic (exact) mass is 1330 g/mol. The van der Waals surface area contributed by atoms with E-state index >= 15 is 0 Å². The summed E-state index contributed by atoms with van der Waals surface area (Å²) in [6.45, 7) is 6.87. The molecule has 0 aliphatic rings. The summed E-state index contributed by atoms with van der Waals surface area (Å²) in [6.07, 6.45) is 1.30. The van der Waals surface area contributed by atoms with E-state index in [1.54, 1.807) is 117 Å². The molecule has 8 aromatic carbocycles. The molecule has 0 aliphatic heterocycles. The van der Waals surface area contributed by atoms with Gasteiger partial charge in [-0.05, 0) is 242 Å². The van der Waals surface area contributed by atoms with Crippen molar-refractivity contribution in [2.24, 2.45) is 28.2 Å². The number of benzene rings is 8. The third-order valence-electron chi connectivity index (χ3n) is 18.1. The molecule has 4 heterocycles. The quantitative estimate of drug-likeness (QED) is 0.102. The van der Waals surface area contributed by atoms with Gasteiger partial charge in [0.05, 0.1) is 0 Å². The van der Waals surface area contributed by atoms with E-state index in [-0.39, 0.29) is 44.5 Å². The van der Waals surface area contributed by atoms with Gasteiger partial charge in [-0.15, -0.1) is 0 Å². The van der Waals surface area contributed by atoms with E-state index in [1.165, 1.54) is 27.0 Å². The largest absolute Gasteiger partial charge is 0.212 e. The van der Waals surface area contributed by atoms with Crippen molar-refractivity contribution >= 4 is 0 Å². The number of hydrogen-bond acceptors (Lipinski definition) is 0. The van der Waals surface area contributed by atoms with Crippen LogP contribution in [0.1, 0.15) is 185 Å². The first-order valence-electron chi connectivity index (χ1n) is 46.2. The molecule has 0 bridgehead atoms. The van der Waals surface area contributed by atoms with E-state index in [0.29, 0.717) is 50.3 Å². The predicted octanol–water partition coefficient (Wildman–Crippen LogP) is 22.7. The molecule has 12 aromatic rings. The van der Waals surface area contributed by atoms with Gasteiger partial charge in [0.25, 0.3) is 0 Å². The Kier molecular flexibility index (Phi) is 15.2. The Hall–Kier alpha value is -9.64. The first kappa shape index (κ1) is 45.8. The maximum Gasteiger partial charge on any atom is 0.212 e. The highest BCUT2D eigenvalue weighted by atomic mass is 14.9. The molecular formula is C95H110N4+4. The van der Waals surface area contributed by atoms with Gasteiger partial charge >= 0.3 is 0 Å². The van der Waals surface area contributed by atoms with Gasteiger partial charge in [-0.25, -0.2) is 18.3 Å². The van der Waals surface area contributed by atoms with Gasteiger partial charge in [-0.2, -0.15) is 0 Å². The molecule has 4 nitrogen and oxygen atoms in total. The smallest absolute Gasteiger partial charge is 0.201 e. The summed E-state index contributed by atoms with van der Waals surface area (Å²) in [5.41, 5.74) is 19.5. The summed E-state index contributed by atoms with van der Waals surface area (Å²) in [6, 6.07) is 59.0. The zero-order valence-electron chi connectivity index (χ0n) is 86.1. The third kappa shape index (κ3) is 17.1. The fourth-order valence-electron chi connectivity index (χ4n) is 12.7. The topological polar surface area (TPSA) is 15.5 Å². The number of pyridine rings is 4. The van der Waals surface area contributed by atoms with Crippen molar-refractivity contribution in [2.75, 3.05) is 0 Å². The van der Waals surface area contributed by atoms with E-state index in [9.17, 15) is 0 Å². The molecule has 12 rings (SSSR count). The average Bonchev–Trinajstić information content (AvgIpc) is 0.841. The Balaban J connectivity index is 0.000000189. The molecular weight excluding hydrogens is 1200 g/mol. The molecule has 506 valence electrons. The van der Waals surface area contributed by atoms with E-state index in [4.69, 9.17) is 35.6 Å². The van der Waals surface area contributed by atoms with Crippen LogP contribution in [0.5, 0.6) is 0 Å². The van der Waals surface area contributed by atoms with Crippen molar-refractivity contribution < 1.29 is 53.9 Å². The van der Waals surface area contributed by atoms with Crippen LogP contribution in [0.25, 0.3) is 89.5 Å². The molecule has 0 radical (unpaired) electrons. The molecule has 0 fully saturated rings. The fraction of sp³-hybridized carbons (Fsp3) is 0.284. The maximum absolute atomic E-state index is 8.54. The van der Waals surface area contributed by atoms with Gasteiger partial charge in [0.1, 0.15) is 28.2 Å². The van der Waals surface area contributed by atoms with Crippen LogP contribution in [0.3, 0.4) is 0 Å².